The van der Waals surface area contributed by atoms with Gasteiger partial charge in [0.25, 0.3) is 5.72 Å². The van der Waals surface area contributed by atoms with E-state index in [0.717, 1.165) is 12.1 Å². The van der Waals surface area contributed by atoms with Crippen LogP contribution in [-0.4, -0.2) is 47.8 Å². The van der Waals surface area contributed by atoms with Crippen LogP contribution in [0.4, 0.5) is 18.0 Å². The van der Waals surface area contributed by atoms with Crippen molar-refractivity contribution in [3.8, 4) is 11.5 Å². The number of carbonyl (C=O) groups is 2. The van der Waals surface area contributed by atoms with E-state index in [1.165, 1.54) is 25.4 Å². The first-order valence-corrected chi connectivity index (χ1v) is 7.46. The van der Waals surface area contributed by atoms with Gasteiger partial charge < -0.3 is 30.3 Å². The Morgan fingerprint density at radius 3 is 2.58 bits per heavy atom. The number of carbonyl (C=O) groups excluding carboxylic acids is 2. The van der Waals surface area contributed by atoms with Gasteiger partial charge in [-0.1, -0.05) is 6.07 Å². The molecule has 1 fully saturated rings. The molecule has 0 spiro atoms. The molecule has 3 atom stereocenters. The van der Waals surface area contributed by atoms with E-state index in [1.807, 2.05) is 0 Å². The lowest BCUT2D eigenvalue weighted by molar-refractivity contribution is -0.294. The van der Waals surface area contributed by atoms with E-state index in [9.17, 15) is 33.0 Å². The van der Waals surface area contributed by atoms with E-state index in [1.54, 1.807) is 0 Å². The van der Waals surface area contributed by atoms with Gasteiger partial charge in [0.2, 0.25) is 0 Å². The molecule has 0 radical (unpaired) electrons. The summed E-state index contributed by atoms with van der Waals surface area (Å²) in [5.41, 5.74) is -3.85. The summed E-state index contributed by atoms with van der Waals surface area (Å²) >= 11 is 0. The quantitative estimate of drug-likeness (QED) is 0.585. The molecule has 26 heavy (non-hydrogen) atoms. The topological polar surface area (TPSA) is 117 Å². The van der Waals surface area contributed by atoms with Crippen LogP contribution in [0.25, 0.3) is 0 Å². The maximum atomic E-state index is 13.5. The number of rotatable bonds is 4. The first-order valence-electron chi connectivity index (χ1n) is 7.46. The summed E-state index contributed by atoms with van der Waals surface area (Å²) in [5.74, 6) is -3.99. The van der Waals surface area contributed by atoms with Gasteiger partial charge >= 0.3 is 18.2 Å². The Morgan fingerprint density at radius 2 is 2.04 bits per heavy atom. The number of aromatic hydroxyl groups is 1. The van der Waals surface area contributed by atoms with Crippen molar-refractivity contribution in [2.45, 2.75) is 24.9 Å². The lowest BCUT2D eigenvalue weighted by Crippen LogP contribution is -2.73. The van der Waals surface area contributed by atoms with Crippen LogP contribution in [0.15, 0.2) is 18.2 Å². The monoisotopic (exact) mass is 378 g/mol. The highest BCUT2D eigenvalue weighted by Crippen LogP contribution is 2.44. The molecule has 11 heteroatoms. The third-order valence-electron chi connectivity index (χ3n) is 3.91. The van der Waals surface area contributed by atoms with Crippen LogP contribution in [0.5, 0.6) is 11.5 Å². The number of aliphatic hydroxyl groups is 1. The van der Waals surface area contributed by atoms with Gasteiger partial charge in [0, 0.05) is 0 Å². The SMILES string of the molecule is CCOC(=O)[C@H]1[C@@H](c2ccc(O)c(OC)c2)NC(=O)N[C@@]1(O)C(F)(F)F. The van der Waals surface area contributed by atoms with Crippen molar-refractivity contribution in [3.63, 3.8) is 0 Å². The highest BCUT2D eigenvalue weighted by atomic mass is 19.4. The molecule has 0 aromatic heterocycles. The number of urea groups is 1. The third-order valence-corrected chi connectivity index (χ3v) is 3.91. The van der Waals surface area contributed by atoms with Crippen LogP contribution in [0.1, 0.15) is 18.5 Å². The number of benzene rings is 1. The number of alkyl halides is 3. The number of phenols is 1. The minimum atomic E-state index is -5.36. The van der Waals surface area contributed by atoms with Crippen molar-refractivity contribution in [1.29, 1.82) is 0 Å². The van der Waals surface area contributed by atoms with Crippen LogP contribution in [-0.2, 0) is 9.53 Å². The second-order valence-corrected chi connectivity index (χ2v) is 5.50. The molecule has 2 rings (SSSR count). The van der Waals surface area contributed by atoms with Crippen LogP contribution in [0, 0.1) is 5.92 Å². The summed E-state index contributed by atoms with van der Waals surface area (Å²) in [6, 6.07) is 0.537. The summed E-state index contributed by atoms with van der Waals surface area (Å²) in [6.45, 7) is 1.15. The Labute approximate surface area is 145 Å². The number of nitrogens with one attached hydrogen (secondary N) is 2. The minimum Gasteiger partial charge on any atom is -0.504 e. The lowest BCUT2D eigenvalue weighted by Gasteiger charge is -2.44. The van der Waals surface area contributed by atoms with Gasteiger partial charge in [0.05, 0.1) is 19.8 Å². The molecular weight excluding hydrogens is 361 g/mol. The second-order valence-electron chi connectivity index (χ2n) is 5.50. The first-order chi connectivity index (χ1) is 12.0. The standard InChI is InChI=1S/C15H17F3N2O6/c1-3-26-12(22)10-11(7-4-5-8(21)9(6-7)25-2)19-13(23)20-14(10,24)15(16,17)18/h4-6,10-11,21,24H,3H2,1-2H3,(H2,19,20,23)/t10-,11-,14+/m1/s1. The summed E-state index contributed by atoms with van der Waals surface area (Å²) in [4.78, 5) is 24.0. The maximum absolute atomic E-state index is 13.5. The molecule has 4 N–H and O–H groups in total. The van der Waals surface area contributed by atoms with E-state index in [0.29, 0.717) is 0 Å². The van der Waals surface area contributed by atoms with Crippen molar-refractivity contribution in [2.75, 3.05) is 13.7 Å². The largest absolute Gasteiger partial charge is 0.504 e. The van der Waals surface area contributed by atoms with Gasteiger partial charge in [-0.15, -0.1) is 0 Å². The molecule has 1 heterocycles. The van der Waals surface area contributed by atoms with Crippen LogP contribution < -0.4 is 15.4 Å². The smallest absolute Gasteiger partial charge is 0.437 e. The lowest BCUT2D eigenvalue weighted by atomic mass is 9.82. The van der Waals surface area contributed by atoms with E-state index >= 15 is 0 Å². The number of phenolic OH excluding ortho intramolecular Hbond substituents is 1. The van der Waals surface area contributed by atoms with Crippen molar-refractivity contribution in [3.05, 3.63) is 23.8 Å². The molecule has 0 bridgehead atoms. The molecular formula is C15H17F3N2O6. The Balaban J connectivity index is 2.60. The number of ether oxygens (including phenoxy) is 2. The van der Waals surface area contributed by atoms with Crippen LogP contribution in [0.2, 0.25) is 0 Å². The number of halogens is 3. The zero-order valence-corrected chi connectivity index (χ0v) is 13.8. The number of methoxy groups -OCH3 is 1. The molecule has 0 aliphatic carbocycles. The van der Waals surface area contributed by atoms with Crippen molar-refractivity contribution >= 4 is 12.0 Å². The zero-order valence-electron chi connectivity index (χ0n) is 13.8. The third kappa shape index (κ3) is 3.34. The highest BCUT2D eigenvalue weighted by Gasteiger charge is 2.67. The Kier molecular flexibility index (Phi) is 5.21. The maximum Gasteiger partial charge on any atom is 0.437 e. The molecule has 1 saturated heterocycles. The Bertz CT molecular complexity index is 711. The molecule has 144 valence electrons. The van der Waals surface area contributed by atoms with Crippen molar-refractivity contribution < 1.29 is 42.4 Å². The molecule has 0 saturated carbocycles. The van der Waals surface area contributed by atoms with Crippen molar-refractivity contribution in [2.24, 2.45) is 5.92 Å². The number of esters is 1. The van der Waals surface area contributed by atoms with E-state index in [4.69, 9.17) is 4.74 Å². The molecule has 1 aliphatic heterocycles. The molecule has 1 aromatic carbocycles. The predicted octanol–water partition coefficient (Wildman–Crippen LogP) is 1.18. The molecule has 8 nitrogen and oxygen atoms in total. The Hall–Kier alpha value is -2.69. The predicted molar refractivity (Wildman–Crippen MR) is 80.2 cm³/mol. The summed E-state index contributed by atoms with van der Waals surface area (Å²) in [5, 5.41) is 23.3. The van der Waals surface area contributed by atoms with E-state index in [-0.39, 0.29) is 23.7 Å². The molecule has 1 aromatic rings. The Morgan fingerprint density at radius 1 is 1.38 bits per heavy atom. The number of amides is 2. The summed E-state index contributed by atoms with van der Waals surface area (Å²) < 4.78 is 50.0. The molecule has 0 unspecified atom stereocenters. The van der Waals surface area contributed by atoms with Crippen LogP contribution >= 0.6 is 0 Å². The van der Waals surface area contributed by atoms with Gasteiger partial charge in [-0.25, -0.2) is 4.79 Å². The number of hydrogen-bond donors (Lipinski definition) is 4. The van der Waals surface area contributed by atoms with Gasteiger partial charge in [0.15, 0.2) is 11.5 Å². The van der Waals surface area contributed by atoms with Gasteiger partial charge in [0.1, 0.15) is 5.92 Å². The van der Waals surface area contributed by atoms with Gasteiger partial charge in [-0.05, 0) is 24.6 Å². The number of hydrogen-bond acceptors (Lipinski definition) is 6. The van der Waals surface area contributed by atoms with E-state index < -0.39 is 35.9 Å². The fourth-order valence-electron chi connectivity index (χ4n) is 2.70. The van der Waals surface area contributed by atoms with E-state index in [2.05, 4.69) is 10.1 Å². The average molecular weight is 378 g/mol. The highest BCUT2D eigenvalue weighted by molar-refractivity contribution is 5.83. The van der Waals surface area contributed by atoms with Gasteiger partial charge in [-0.2, -0.15) is 13.2 Å². The van der Waals surface area contributed by atoms with Crippen LogP contribution in [0.3, 0.4) is 0 Å². The fraction of sp³-hybridized carbons (Fsp3) is 0.467. The van der Waals surface area contributed by atoms with Gasteiger partial charge in [-0.3, -0.25) is 4.79 Å². The summed E-state index contributed by atoms with van der Waals surface area (Å²) in [6.07, 6.45) is -5.36. The minimum absolute atomic E-state index is 0.00442. The first kappa shape index (κ1) is 19.6. The molecule has 2 amide bonds. The average Bonchev–Trinajstić information content (AvgIpc) is 2.53. The van der Waals surface area contributed by atoms with Crippen molar-refractivity contribution in [1.82, 2.24) is 10.6 Å². The second kappa shape index (κ2) is 6.90. The normalized spacial score (nSPS) is 25.8. The fourth-order valence-corrected chi connectivity index (χ4v) is 2.70. The zero-order chi connectivity index (χ0) is 19.7. The molecule has 1 aliphatic rings. The summed E-state index contributed by atoms with van der Waals surface area (Å²) in [7, 11) is 1.22.